The molecule has 5 heteroatoms. The van der Waals surface area contributed by atoms with E-state index >= 15 is 0 Å². The monoisotopic (exact) mass is 413 g/mol. The molecule has 4 nitrogen and oxygen atoms in total. The summed E-state index contributed by atoms with van der Waals surface area (Å²) in [6, 6.07) is 22.2. The number of rotatable bonds is 1. The van der Waals surface area contributed by atoms with Crippen molar-refractivity contribution < 1.29 is 4.79 Å². The second-order valence-corrected chi connectivity index (χ2v) is 8.36. The van der Waals surface area contributed by atoms with Crippen molar-refractivity contribution in [1.82, 2.24) is 9.88 Å². The van der Waals surface area contributed by atoms with Gasteiger partial charge in [-0.15, -0.1) is 0 Å². The van der Waals surface area contributed by atoms with Gasteiger partial charge in [0.05, 0.1) is 16.9 Å². The Balaban J connectivity index is 1.67. The number of amides is 1. The molecule has 0 unspecified atom stereocenters. The number of aromatic amines is 1. The molecule has 30 heavy (non-hydrogen) atoms. The van der Waals surface area contributed by atoms with E-state index in [1.165, 1.54) is 10.9 Å². The van der Waals surface area contributed by atoms with Crippen molar-refractivity contribution in [3.63, 3.8) is 0 Å². The van der Waals surface area contributed by atoms with Crippen LogP contribution in [0.15, 0.2) is 66.7 Å². The fourth-order valence-electron chi connectivity index (χ4n) is 4.97. The number of hydrogen-bond acceptors (Lipinski definition) is 2. The normalized spacial score (nSPS) is 17.7. The van der Waals surface area contributed by atoms with Crippen molar-refractivity contribution in [3.05, 3.63) is 94.1 Å². The van der Waals surface area contributed by atoms with E-state index in [0.717, 1.165) is 45.2 Å². The van der Waals surface area contributed by atoms with Crippen molar-refractivity contribution in [1.29, 1.82) is 0 Å². The molecule has 1 atom stereocenters. The van der Waals surface area contributed by atoms with Gasteiger partial charge in [0.25, 0.3) is 5.91 Å². The highest BCUT2D eigenvalue weighted by Gasteiger charge is 2.43. The zero-order chi connectivity index (χ0) is 20.4. The zero-order valence-corrected chi connectivity index (χ0v) is 17.3. The largest absolute Gasteiger partial charge is 0.355 e. The molecule has 1 N–H and O–H groups in total. The summed E-state index contributed by atoms with van der Waals surface area (Å²) in [7, 11) is 0. The molecule has 0 aliphatic carbocycles. The van der Waals surface area contributed by atoms with E-state index in [1.54, 1.807) is 0 Å². The highest BCUT2D eigenvalue weighted by molar-refractivity contribution is 6.31. The number of fused-ring (bicyclic) bond motifs is 6. The minimum absolute atomic E-state index is 0.0795. The quantitative estimate of drug-likeness (QED) is 0.417. The van der Waals surface area contributed by atoms with Crippen LogP contribution in [0.4, 0.5) is 11.4 Å². The summed E-state index contributed by atoms with van der Waals surface area (Å²) in [4.78, 5) is 21.4. The van der Waals surface area contributed by atoms with Gasteiger partial charge in [-0.25, -0.2) is 0 Å². The Labute approximate surface area is 179 Å². The summed E-state index contributed by atoms with van der Waals surface area (Å²) in [6.45, 7) is 2.72. The summed E-state index contributed by atoms with van der Waals surface area (Å²) >= 11 is 6.51. The predicted molar refractivity (Wildman–Crippen MR) is 121 cm³/mol. The van der Waals surface area contributed by atoms with Crippen LogP contribution in [-0.4, -0.2) is 22.3 Å². The van der Waals surface area contributed by atoms with Crippen molar-refractivity contribution in [2.75, 3.05) is 11.4 Å². The molecular formula is C25H20ClN3O. The molecular weight excluding hydrogens is 394 g/mol. The van der Waals surface area contributed by atoms with Gasteiger partial charge < -0.3 is 14.8 Å². The molecule has 6 rings (SSSR count). The lowest BCUT2D eigenvalue weighted by molar-refractivity contribution is 0.0642. The van der Waals surface area contributed by atoms with Crippen LogP contribution in [0.3, 0.4) is 0 Å². The van der Waals surface area contributed by atoms with E-state index < -0.39 is 0 Å². The van der Waals surface area contributed by atoms with E-state index in [1.807, 2.05) is 54.3 Å². The maximum Gasteiger partial charge on any atom is 0.257 e. The molecule has 1 amide bonds. The van der Waals surface area contributed by atoms with Gasteiger partial charge in [-0.3, -0.25) is 4.79 Å². The first-order valence-electron chi connectivity index (χ1n) is 10.2. The third kappa shape index (κ3) is 2.31. The van der Waals surface area contributed by atoms with Gasteiger partial charge >= 0.3 is 0 Å². The third-order valence-corrected chi connectivity index (χ3v) is 6.81. The Hall–Kier alpha value is -3.24. The van der Waals surface area contributed by atoms with E-state index in [-0.39, 0.29) is 12.1 Å². The average Bonchev–Trinajstić information content (AvgIpc) is 3.16. The highest BCUT2D eigenvalue weighted by Crippen LogP contribution is 2.48. The van der Waals surface area contributed by atoms with Crippen molar-refractivity contribution >= 4 is 39.8 Å². The van der Waals surface area contributed by atoms with Gasteiger partial charge in [0.2, 0.25) is 0 Å². The van der Waals surface area contributed by atoms with Crippen molar-refractivity contribution in [2.45, 2.75) is 19.5 Å². The number of carbonyl (C=O) groups is 1. The molecule has 3 aromatic carbocycles. The Kier molecular flexibility index (Phi) is 3.74. The molecule has 4 aromatic rings. The van der Waals surface area contributed by atoms with Crippen LogP contribution in [0, 0.1) is 6.92 Å². The van der Waals surface area contributed by atoms with Crippen LogP contribution in [0.25, 0.3) is 10.9 Å². The fraction of sp³-hybridized carbons (Fsp3) is 0.160. The predicted octanol–water partition coefficient (Wildman–Crippen LogP) is 5.98. The lowest BCUT2D eigenvalue weighted by atomic mass is 9.94. The number of carbonyl (C=O) groups excluding carboxylic acids is 1. The third-order valence-electron chi connectivity index (χ3n) is 6.40. The van der Waals surface area contributed by atoms with Crippen molar-refractivity contribution in [2.24, 2.45) is 0 Å². The van der Waals surface area contributed by atoms with E-state index in [0.29, 0.717) is 6.54 Å². The number of hydrogen-bond donors (Lipinski definition) is 1. The summed E-state index contributed by atoms with van der Waals surface area (Å²) in [5.41, 5.74) is 7.16. The van der Waals surface area contributed by atoms with Crippen LogP contribution in [-0.2, 0) is 6.42 Å². The first-order valence-corrected chi connectivity index (χ1v) is 10.6. The first-order chi connectivity index (χ1) is 14.6. The van der Waals surface area contributed by atoms with Gasteiger partial charge in [0.1, 0.15) is 0 Å². The molecule has 2 aliphatic heterocycles. The van der Waals surface area contributed by atoms with Crippen LogP contribution in [0.5, 0.6) is 0 Å². The molecule has 148 valence electrons. The maximum atomic E-state index is 13.5. The Bertz CT molecular complexity index is 1330. The molecule has 2 aliphatic rings. The minimum Gasteiger partial charge on any atom is -0.355 e. The van der Waals surface area contributed by atoms with Crippen LogP contribution >= 0.6 is 11.6 Å². The molecule has 1 aromatic heterocycles. The number of aromatic nitrogens is 1. The highest BCUT2D eigenvalue weighted by atomic mass is 35.5. The van der Waals surface area contributed by atoms with Crippen LogP contribution in [0.1, 0.15) is 33.3 Å². The summed E-state index contributed by atoms with van der Waals surface area (Å²) in [5, 5.41) is 1.96. The SMILES string of the molecule is Cc1c(Cl)cccc1N1c2ccccc2C(=O)N2CCc3c([nH]c4ccccc34)[C@@H]21. The number of anilines is 2. The molecule has 3 heterocycles. The summed E-state index contributed by atoms with van der Waals surface area (Å²) < 4.78 is 0. The first kappa shape index (κ1) is 17.6. The van der Waals surface area contributed by atoms with Crippen LogP contribution < -0.4 is 4.90 Å². The molecule has 0 spiro atoms. The minimum atomic E-state index is -0.235. The molecule has 0 radical (unpaired) electrons. The van der Waals surface area contributed by atoms with E-state index in [2.05, 4.69) is 34.1 Å². The lowest BCUT2D eigenvalue weighted by Gasteiger charge is -2.48. The van der Waals surface area contributed by atoms with E-state index in [9.17, 15) is 4.79 Å². The molecule has 0 fully saturated rings. The standard InChI is InChI=1S/C25H20ClN3O/c1-15-19(26)9-6-12-21(15)29-22-11-5-3-8-18(22)25(30)28-14-13-17-16-7-2-4-10-20(16)27-23(17)24(28)29/h2-12,24,27H,13-14H2,1H3/t24-/m0/s1. The Morgan fingerprint density at radius 1 is 0.967 bits per heavy atom. The van der Waals surface area contributed by atoms with E-state index in [4.69, 9.17) is 11.6 Å². The van der Waals surface area contributed by atoms with Gasteiger partial charge in [-0.2, -0.15) is 0 Å². The lowest BCUT2D eigenvalue weighted by Crippen LogP contribution is -2.50. The topological polar surface area (TPSA) is 39.3 Å². The summed E-state index contributed by atoms with van der Waals surface area (Å²) in [5.74, 6) is 0.0795. The second-order valence-electron chi connectivity index (χ2n) is 7.96. The molecule has 0 saturated carbocycles. The van der Waals surface area contributed by atoms with Gasteiger partial charge in [-0.05, 0) is 54.8 Å². The number of nitrogens with zero attached hydrogens (tertiary/aromatic N) is 2. The van der Waals surface area contributed by atoms with Crippen LogP contribution in [0.2, 0.25) is 5.02 Å². The zero-order valence-electron chi connectivity index (χ0n) is 16.5. The van der Waals surface area contributed by atoms with Gasteiger partial charge in [0.15, 0.2) is 6.17 Å². The second kappa shape index (κ2) is 6.38. The van der Waals surface area contributed by atoms with Gasteiger partial charge in [0, 0.05) is 28.2 Å². The molecule has 0 bridgehead atoms. The number of para-hydroxylation sites is 2. The summed E-state index contributed by atoms with van der Waals surface area (Å²) in [6.07, 6.45) is 0.604. The number of H-pyrrole nitrogens is 1. The number of nitrogens with one attached hydrogen (secondary N) is 1. The molecule has 0 saturated heterocycles. The maximum absolute atomic E-state index is 13.5. The average molecular weight is 414 g/mol. The smallest absolute Gasteiger partial charge is 0.257 e. The Morgan fingerprint density at radius 2 is 1.73 bits per heavy atom. The van der Waals surface area contributed by atoms with Gasteiger partial charge in [-0.1, -0.05) is 48.0 Å². The van der Waals surface area contributed by atoms with Crippen molar-refractivity contribution in [3.8, 4) is 0 Å². The number of benzene rings is 3. The Morgan fingerprint density at radius 3 is 2.63 bits per heavy atom. The fourth-order valence-corrected chi connectivity index (χ4v) is 5.14. The number of halogens is 1.